The van der Waals surface area contributed by atoms with Crippen LogP contribution in [0.25, 0.3) is 0 Å². The Balaban J connectivity index is 2.93. The zero-order chi connectivity index (χ0) is 10.6. The first-order valence-corrected chi connectivity index (χ1v) is 4.93. The lowest BCUT2D eigenvalue weighted by molar-refractivity contribution is 0.606. The maximum absolute atomic E-state index is 13.5. The molecule has 1 rings (SSSR count). The van der Waals surface area contributed by atoms with Crippen LogP contribution in [0.4, 0.5) is 4.39 Å². The maximum Gasteiger partial charge on any atom is 0.126 e. The van der Waals surface area contributed by atoms with Crippen LogP contribution < -0.4 is 0 Å². The second kappa shape index (κ2) is 4.94. The molecule has 14 heavy (non-hydrogen) atoms. The highest BCUT2D eigenvalue weighted by Gasteiger charge is 2.06. The largest absolute Gasteiger partial charge is 0.207 e. The van der Waals surface area contributed by atoms with E-state index >= 15 is 0 Å². The van der Waals surface area contributed by atoms with Gasteiger partial charge in [0, 0.05) is 5.92 Å². The van der Waals surface area contributed by atoms with Gasteiger partial charge in [-0.15, -0.1) is 6.58 Å². The third-order valence-corrected chi connectivity index (χ3v) is 2.33. The van der Waals surface area contributed by atoms with Gasteiger partial charge in [-0.2, -0.15) is 0 Å². The van der Waals surface area contributed by atoms with Crippen molar-refractivity contribution in [3.63, 3.8) is 0 Å². The van der Waals surface area contributed by atoms with E-state index in [-0.39, 0.29) is 5.82 Å². The average Bonchev–Trinajstić information content (AvgIpc) is 2.20. The number of rotatable bonds is 4. The molecule has 0 aliphatic heterocycles. The standard InChI is InChI=1S/C13H16F/c1-4-6-11-7-8-12(9-13(11)14)10(3)5-2/h5,7-9H,2,4,6H2,1,3H3. The third kappa shape index (κ3) is 2.44. The zero-order valence-corrected chi connectivity index (χ0v) is 8.81. The first kappa shape index (κ1) is 11.0. The summed E-state index contributed by atoms with van der Waals surface area (Å²) in [7, 11) is 0. The fourth-order valence-corrected chi connectivity index (χ4v) is 1.38. The summed E-state index contributed by atoms with van der Waals surface area (Å²) in [5.74, 6) is 0.900. The van der Waals surface area contributed by atoms with Gasteiger partial charge in [0.25, 0.3) is 0 Å². The van der Waals surface area contributed by atoms with Crippen molar-refractivity contribution in [2.45, 2.75) is 26.7 Å². The Kier molecular flexibility index (Phi) is 3.87. The third-order valence-electron chi connectivity index (χ3n) is 2.33. The number of aryl methyl sites for hydroxylation is 1. The molecule has 0 amide bonds. The summed E-state index contributed by atoms with van der Waals surface area (Å²) in [6, 6.07) is 5.40. The van der Waals surface area contributed by atoms with E-state index in [4.69, 9.17) is 0 Å². The maximum atomic E-state index is 13.5. The normalized spacial score (nSPS) is 10.6. The van der Waals surface area contributed by atoms with E-state index in [1.54, 1.807) is 12.1 Å². The Morgan fingerprint density at radius 2 is 2.21 bits per heavy atom. The number of hydrogen-bond donors (Lipinski definition) is 0. The Morgan fingerprint density at radius 3 is 2.71 bits per heavy atom. The topological polar surface area (TPSA) is 0 Å². The molecule has 1 aromatic carbocycles. The molecule has 0 fully saturated rings. The molecule has 0 heterocycles. The van der Waals surface area contributed by atoms with Crippen LogP contribution in [-0.2, 0) is 6.42 Å². The summed E-state index contributed by atoms with van der Waals surface area (Å²) in [5, 5.41) is 0. The average molecular weight is 191 g/mol. The highest BCUT2D eigenvalue weighted by Crippen LogP contribution is 2.19. The minimum Gasteiger partial charge on any atom is -0.207 e. The first-order chi connectivity index (χ1) is 6.69. The molecule has 0 bridgehead atoms. The van der Waals surface area contributed by atoms with Crippen LogP contribution in [-0.4, -0.2) is 0 Å². The molecule has 0 nitrogen and oxygen atoms in total. The highest BCUT2D eigenvalue weighted by atomic mass is 19.1. The van der Waals surface area contributed by atoms with E-state index in [1.165, 1.54) is 0 Å². The van der Waals surface area contributed by atoms with Gasteiger partial charge in [0.05, 0.1) is 0 Å². The van der Waals surface area contributed by atoms with Crippen molar-refractivity contribution in [3.05, 3.63) is 53.7 Å². The first-order valence-electron chi connectivity index (χ1n) is 4.93. The van der Waals surface area contributed by atoms with Crippen molar-refractivity contribution < 1.29 is 4.39 Å². The summed E-state index contributed by atoms with van der Waals surface area (Å²) in [6.45, 7) is 7.65. The van der Waals surface area contributed by atoms with Crippen LogP contribution in [0, 0.1) is 11.7 Å². The van der Waals surface area contributed by atoms with Crippen LogP contribution >= 0.6 is 0 Å². The smallest absolute Gasteiger partial charge is 0.126 e. The molecule has 0 atom stereocenters. The van der Waals surface area contributed by atoms with Crippen LogP contribution in [0.5, 0.6) is 0 Å². The van der Waals surface area contributed by atoms with Gasteiger partial charge >= 0.3 is 0 Å². The van der Waals surface area contributed by atoms with Gasteiger partial charge in [-0.25, -0.2) is 4.39 Å². The van der Waals surface area contributed by atoms with Crippen LogP contribution in [0.3, 0.4) is 0 Å². The van der Waals surface area contributed by atoms with Gasteiger partial charge in [0.15, 0.2) is 0 Å². The van der Waals surface area contributed by atoms with E-state index in [2.05, 4.69) is 13.5 Å². The molecule has 0 unspecified atom stereocenters. The van der Waals surface area contributed by atoms with E-state index in [0.29, 0.717) is 0 Å². The van der Waals surface area contributed by atoms with Crippen LogP contribution in [0.1, 0.15) is 31.4 Å². The summed E-state index contributed by atoms with van der Waals surface area (Å²) >= 11 is 0. The minimum absolute atomic E-state index is 0.106. The number of hydrogen-bond acceptors (Lipinski definition) is 0. The van der Waals surface area contributed by atoms with Crippen LogP contribution in [0.2, 0.25) is 0 Å². The molecule has 0 spiro atoms. The number of allylic oxidation sites excluding steroid dienone is 1. The molecule has 0 aromatic heterocycles. The monoisotopic (exact) mass is 191 g/mol. The number of halogens is 1. The minimum atomic E-state index is -0.106. The molecule has 75 valence electrons. The Labute approximate surface area is 85.5 Å². The summed E-state index contributed by atoms with van der Waals surface area (Å²) in [6.07, 6.45) is 3.52. The fourth-order valence-electron chi connectivity index (χ4n) is 1.38. The molecule has 0 aliphatic carbocycles. The highest BCUT2D eigenvalue weighted by molar-refractivity contribution is 5.37. The molecular weight excluding hydrogens is 175 g/mol. The fraction of sp³-hybridized carbons (Fsp3) is 0.308. The van der Waals surface area contributed by atoms with Crippen molar-refractivity contribution >= 4 is 0 Å². The van der Waals surface area contributed by atoms with Crippen molar-refractivity contribution in [1.29, 1.82) is 0 Å². The van der Waals surface area contributed by atoms with Crippen molar-refractivity contribution in [3.8, 4) is 0 Å². The molecule has 1 aromatic rings. The lowest BCUT2D eigenvalue weighted by Crippen LogP contribution is -1.95. The molecule has 0 saturated heterocycles. The summed E-state index contributed by atoms with van der Waals surface area (Å²) in [4.78, 5) is 0. The SMILES string of the molecule is C=C[C](C)c1ccc(CCC)c(F)c1. The van der Waals surface area contributed by atoms with E-state index < -0.39 is 0 Å². The lowest BCUT2D eigenvalue weighted by atomic mass is 9.98. The van der Waals surface area contributed by atoms with Gasteiger partial charge < -0.3 is 0 Å². The van der Waals surface area contributed by atoms with Gasteiger partial charge in [-0.05, 0) is 23.6 Å². The lowest BCUT2D eigenvalue weighted by Gasteiger charge is -2.08. The van der Waals surface area contributed by atoms with E-state index in [0.717, 1.165) is 29.9 Å². The zero-order valence-electron chi connectivity index (χ0n) is 8.81. The molecular formula is C13H16F. The Hall–Kier alpha value is -1.11. The second-order valence-electron chi connectivity index (χ2n) is 3.44. The Morgan fingerprint density at radius 1 is 1.50 bits per heavy atom. The molecule has 0 aliphatic rings. The quantitative estimate of drug-likeness (QED) is 0.677. The Bertz CT molecular complexity index is 315. The van der Waals surface area contributed by atoms with Crippen molar-refractivity contribution in [2.24, 2.45) is 0 Å². The van der Waals surface area contributed by atoms with Crippen molar-refractivity contribution in [2.75, 3.05) is 0 Å². The molecule has 0 N–H and O–H groups in total. The predicted molar refractivity (Wildman–Crippen MR) is 58.6 cm³/mol. The van der Waals surface area contributed by atoms with Gasteiger partial charge in [-0.3, -0.25) is 0 Å². The van der Waals surface area contributed by atoms with Gasteiger partial charge in [0.1, 0.15) is 5.82 Å². The summed E-state index contributed by atoms with van der Waals surface area (Å²) < 4.78 is 13.5. The van der Waals surface area contributed by atoms with Gasteiger partial charge in [-0.1, -0.05) is 38.5 Å². The molecule has 1 radical (unpaired) electrons. The molecule has 0 saturated carbocycles. The predicted octanol–water partition coefficient (Wildman–Crippen LogP) is 3.91. The molecule has 1 heteroatoms. The number of benzene rings is 1. The van der Waals surface area contributed by atoms with Gasteiger partial charge in [0.2, 0.25) is 0 Å². The van der Waals surface area contributed by atoms with E-state index in [1.807, 2.05) is 19.1 Å². The summed E-state index contributed by atoms with van der Waals surface area (Å²) in [5.41, 5.74) is 1.71. The van der Waals surface area contributed by atoms with E-state index in [9.17, 15) is 4.39 Å². The van der Waals surface area contributed by atoms with Crippen molar-refractivity contribution in [1.82, 2.24) is 0 Å². The second-order valence-corrected chi connectivity index (χ2v) is 3.44. The van der Waals surface area contributed by atoms with Crippen LogP contribution in [0.15, 0.2) is 30.9 Å².